The van der Waals surface area contributed by atoms with Crippen LogP contribution < -0.4 is 5.73 Å². The van der Waals surface area contributed by atoms with E-state index < -0.39 is 18.9 Å². The van der Waals surface area contributed by atoms with Gasteiger partial charge >= 0.3 is 6.09 Å². The van der Waals surface area contributed by atoms with Gasteiger partial charge < -0.3 is 20.3 Å². The molecule has 1 aliphatic carbocycles. The number of aromatic nitrogens is 1. The van der Waals surface area contributed by atoms with Crippen molar-refractivity contribution >= 4 is 34.5 Å². The molecule has 1 aromatic heterocycles. The van der Waals surface area contributed by atoms with E-state index in [0.29, 0.717) is 22.0 Å². The van der Waals surface area contributed by atoms with Crippen molar-refractivity contribution in [3.05, 3.63) is 40.5 Å². The van der Waals surface area contributed by atoms with Crippen LogP contribution in [0, 0.1) is 0 Å². The number of piperazine rings is 1. The van der Waals surface area contributed by atoms with Crippen LogP contribution in [-0.4, -0.2) is 65.9 Å². The maximum atomic E-state index is 13.0. The number of amides is 2. The molecule has 1 atom stereocenters. The van der Waals surface area contributed by atoms with Crippen molar-refractivity contribution in [1.29, 1.82) is 0 Å². The lowest BCUT2D eigenvalue weighted by atomic mass is 10.1. The van der Waals surface area contributed by atoms with Crippen molar-refractivity contribution in [2.75, 3.05) is 32.9 Å². The fraction of sp³-hybridized carbons (Fsp3) is 0.450. The first-order valence-electron chi connectivity index (χ1n) is 9.62. The van der Waals surface area contributed by atoms with Crippen LogP contribution in [0.5, 0.6) is 0 Å². The lowest BCUT2D eigenvalue weighted by Gasteiger charge is -2.38. The van der Waals surface area contributed by atoms with Gasteiger partial charge in [-0.25, -0.2) is 9.18 Å². The van der Waals surface area contributed by atoms with Crippen LogP contribution in [0.2, 0.25) is 5.02 Å². The molecule has 0 bridgehead atoms. The number of nitrogens with two attached hydrogens (primary N) is 1. The van der Waals surface area contributed by atoms with Gasteiger partial charge in [0.1, 0.15) is 13.3 Å². The number of fused-ring (bicyclic) bond motifs is 1. The van der Waals surface area contributed by atoms with Gasteiger partial charge in [-0.2, -0.15) is 0 Å². The second-order valence-corrected chi connectivity index (χ2v) is 7.76. The Morgan fingerprint density at radius 2 is 2.07 bits per heavy atom. The Hall–Kier alpha value is -2.45. The van der Waals surface area contributed by atoms with E-state index in [-0.39, 0.29) is 32.1 Å². The summed E-state index contributed by atoms with van der Waals surface area (Å²) >= 11 is 6.39. The number of carbonyl (C=O) groups excluding carboxylic acids is 2. The van der Waals surface area contributed by atoms with Gasteiger partial charge in [0.2, 0.25) is 0 Å². The molecule has 4 rings (SSSR count). The number of halogens is 2. The smallest absolute Gasteiger partial charge is 0.410 e. The van der Waals surface area contributed by atoms with Gasteiger partial charge in [0.25, 0.3) is 5.91 Å². The molecule has 1 saturated heterocycles. The summed E-state index contributed by atoms with van der Waals surface area (Å²) in [6.07, 6.45) is 0.919. The van der Waals surface area contributed by atoms with Crippen LogP contribution in [-0.2, 0) is 4.74 Å². The Morgan fingerprint density at radius 1 is 1.28 bits per heavy atom. The van der Waals surface area contributed by atoms with Gasteiger partial charge in [-0.15, -0.1) is 0 Å². The number of ether oxygens (including phenoxy) is 1. The number of benzene rings is 1. The van der Waals surface area contributed by atoms with Crippen LogP contribution in [0.4, 0.5) is 9.18 Å². The number of hydrogen-bond acceptors (Lipinski definition) is 5. The summed E-state index contributed by atoms with van der Waals surface area (Å²) < 4.78 is 17.0. The van der Waals surface area contributed by atoms with Gasteiger partial charge in [-0.3, -0.25) is 9.78 Å². The molecule has 2 amide bonds. The van der Waals surface area contributed by atoms with Crippen molar-refractivity contribution in [1.82, 2.24) is 14.8 Å². The van der Waals surface area contributed by atoms with Crippen molar-refractivity contribution in [2.45, 2.75) is 24.9 Å². The first-order valence-corrected chi connectivity index (χ1v) is 10.00. The van der Waals surface area contributed by atoms with Gasteiger partial charge in [-0.1, -0.05) is 17.7 Å². The van der Waals surface area contributed by atoms with E-state index in [0.717, 1.165) is 23.9 Å². The van der Waals surface area contributed by atoms with E-state index >= 15 is 0 Å². The van der Waals surface area contributed by atoms with E-state index in [4.69, 9.17) is 22.1 Å². The Bertz CT molecular complexity index is 953. The Labute approximate surface area is 172 Å². The number of nitrogens with zero attached hydrogens (tertiary/aromatic N) is 3. The van der Waals surface area contributed by atoms with Crippen LogP contribution in [0.15, 0.2) is 24.3 Å². The van der Waals surface area contributed by atoms with E-state index in [9.17, 15) is 14.0 Å². The van der Waals surface area contributed by atoms with Crippen molar-refractivity contribution in [3.63, 3.8) is 0 Å². The van der Waals surface area contributed by atoms with Gasteiger partial charge in [0.05, 0.1) is 23.2 Å². The third-order valence-electron chi connectivity index (χ3n) is 5.26. The average molecular weight is 421 g/mol. The number of pyridine rings is 1. The van der Waals surface area contributed by atoms with Crippen LogP contribution in [0.1, 0.15) is 34.8 Å². The Morgan fingerprint density at radius 3 is 2.76 bits per heavy atom. The monoisotopic (exact) mass is 420 g/mol. The third-order valence-corrected chi connectivity index (χ3v) is 5.57. The standard InChI is InChI=1S/C20H22ClFN4O3/c21-15-10-16(12-1-2-12)24-17-9-13(3-4-14(15)17)19(27)26-7-6-25(11-18(26)23)20(28)29-8-5-22/h3-4,9-10,12,18H,1-2,5-8,11,23H2. The molecule has 2 heterocycles. The van der Waals surface area contributed by atoms with Gasteiger partial charge in [-0.05, 0) is 31.0 Å². The van der Waals surface area contributed by atoms with Crippen LogP contribution in [0.25, 0.3) is 10.9 Å². The molecular weight excluding hydrogens is 399 g/mol. The second kappa shape index (κ2) is 8.12. The summed E-state index contributed by atoms with van der Waals surface area (Å²) in [5.74, 6) is 0.223. The molecule has 9 heteroatoms. The molecule has 1 aliphatic heterocycles. The Kier molecular flexibility index (Phi) is 5.56. The highest BCUT2D eigenvalue weighted by molar-refractivity contribution is 6.35. The minimum Gasteiger partial charge on any atom is -0.447 e. The Balaban J connectivity index is 1.50. The summed E-state index contributed by atoms with van der Waals surface area (Å²) in [5.41, 5.74) is 8.25. The molecule has 2 fully saturated rings. The zero-order valence-corrected chi connectivity index (χ0v) is 16.6. The fourth-order valence-corrected chi connectivity index (χ4v) is 3.81. The number of hydrogen-bond donors (Lipinski definition) is 1. The summed E-state index contributed by atoms with van der Waals surface area (Å²) in [5, 5.41) is 1.44. The molecule has 1 aromatic carbocycles. The van der Waals surface area contributed by atoms with E-state index in [1.807, 2.05) is 6.07 Å². The van der Waals surface area contributed by atoms with E-state index in [2.05, 4.69) is 4.98 Å². The van der Waals surface area contributed by atoms with Gasteiger partial charge in [0.15, 0.2) is 0 Å². The molecule has 7 nitrogen and oxygen atoms in total. The largest absolute Gasteiger partial charge is 0.447 e. The number of carbonyl (C=O) groups is 2. The molecule has 2 N–H and O–H groups in total. The molecule has 1 saturated carbocycles. The zero-order valence-electron chi connectivity index (χ0n) is 15.8. The summed E-state index contributed by atoms with van der Waals surface area (Å²) in [6.45, 7) is -0.366. The highest BCUT2D eigenvalue weighted by Gasteiger charge is 2.32. The van der Waals surface area contributed by atoms with Gasteiger partial charge in [0, 0.05) is 35.7 Å². The number of rotatable bonds is 4. The van der Waals surface area contributed by atoms with E-state index in [1.165, 1.54) is 9.80 Å². The number of alkyl halides is 1. The second-order valence-electron chi connectivity index (χ2n) is 7.35. The normalized spacial score (nSPS) is 19.5. The lowest BCUT2D eigenvalue weighted by Crippen LogP contribution is -2.60. The summed E-state index contributed by atoms with van der Waals surface area (Å²) in [7, 11) is 0. The van der Waals surface area contributed by atoms with Crippen LogP contribution >= 0.6 is 11.6 Å². The molecule has 2 aliphatic rings. The first-order chi connectivity index (χ1) is 14.0. The minimum atomic E-state index is -0.737. The average Bonchev–Trinajstić information content (AvgIpc) is 3.56. The predicted octanol–water partition coefficient (Wildman–Crippen LogP) is 2.91. The minimum absolute atomic E-state index is 0.125. The quantitative estimate of drug-likeness (QED) is 0.821. The highest BCUT2D eigenvalue weighted by Crippen LogP contribution is 2.41. The predicted molar refractivity (Wildman–Crippen MR) is 107 cm³/mol. The maximum absolute atomic E-state index is 13.0. The third kappa shape index (κ3) is 4.13. The maximum Gasteiger partial charge on any atom is 0.410 e. The van der Waals surface area contributed by atoms with Crippen molar-refractivity contribution in [3.8, 4) is 0 Å². The summed E-state index contributed by atoms with van der Waals surface area (Å²) in [4.78, 5) is 32.5. The van der Waals surface area contributed by atoms with Crippen molar-refractivity contribution in [2.24, 2.45) is 5.73 Å². The lowest BCUT2D eigenvalue weighted by molar-refractivity contribution is 0.0381. The molecule has 154 valence electrons. The molecular formula is C20H22ClFN4O3. The van der Waals surface area contributed by atoms with Crippen LogP contribution in [0.3, 0.4) is 0 Å². The fourth-order valence-electron chi connectivity index (χ4n) is 3.54. The zero-order chi connectivity index (χ0) is 20.5. The first kappa shape index (κ1) is 19.8. The molecule has 0 spiro atoms. The molecule has 2 aromatic rings. The highest BCUT2D eigenvalue weighted by atomic mass is 35.5. The SMILES string of the molecule is NC1CN(C(=O)OCCF)CCN1C(=O)c1ccc2c(Cl)cc(C3CC3)nc2c1. The topological polar surface area (TPSA) is 88.8 Å². The van der Waals surface area contributed by atoms with E-state index in [1.54, 1.807) is 18.2 Å². The molecule has 1 unspecified atom stereocenters. The molecule has 29 heavy (non-hydrogen) atoms. The summed E-state index contributed by atoms with van der Waals surface area (Å²) in [6, 6.07) is 7.15. The molecule has 0 radical (unpaired) electrons. The van der Waals surface area contributed by atoms with Crippen molar-refractivity contribution < 1.29 is 18.7 Å².